The standard InChI is InChI=1S/C15H19N3/c16-10-9-15(7-8-15)11-17-14-6-5-12-3-1-2-4-13(12)18-14/h1-6H,7-11,16H2,(H,17,18). The van der Waals surface area contributed by atoms with E-state index in [4.69, 9.17) is 5.73 Å². The highest BCUT2D eigenvalue weighted by atomic mass is 15.0. The molecule has 1 heterocycles. The maximum atomic E-state index is 5.65. The molecule has 0 unspecified atom stereocenters. The van der Waals surface area contributed by atoms with Gasteiger partial charge >= 0.3 is 0 Å². The SMILES string of the molecule is NCCC1(CNc2ccc3ccccc3n2)CC1. The molecule has 3 heteroatoms. The van der Waals surface area contributed by atoms with Crippen LogP contribution in [0.2, 0.25) is 0 Å². The van der Waals surface area contributed by atoms with Crippen LogP contribution < -0.4 is 11.1 Å². The average molecular weight is 241 g/mol. The third-order valence-corrected chi connectivity index (χ3v) is 3.87. The average Bonchev–Trinajstić information content (AvgIpc) is 3.17. The Kier molecular flexibility index (Phi) is 2.92. The van der Waals surface area contributed by atoms with Crippen molar-refractivity contribution in [2.45, 2.75) is 19.3 Å². The van der Waals surface area contributed by atoms with Crippen molar-refractivity contribution < 1.29 is 0 Å². The van der Waals surface area contributed by atoms with E-state index in [9.17, 15) is 0 Å². The van der Waals surface area contributed by atoms with Crippen molar-refractivity contribution in [1.82, 2.24) is 4.98 Å². The Bertz CT molecular complexity index is 546. The van der Waals surface area contributed by atoms with Crippen LogP contribution in [0.3, 0.4) is 0 Å². The fraction of sp³-hybridized carbons (Fsp3) is 0.400. The van der Waals surface area contributed by atoms with E-state index in [1.807, 2.05) is 18.2 Å². The molecule has 1 saturated carbocycles. The molecule has 1 aliphatic rings. The van der Waals surface area contributed by atoms with Crippen molar-refractivity contribution in [3.63, 3.8) is 0 Å². The van der Waals surface area contributed by atoms with Crippen molar-refractivity contribution in [2.75, 3.05) is 18.4 Å². The van der Waals surface area contributed by atoms with Crippen molar-refractivity contribution in [2.24, 2.45) is 11.1 Å². The fourth-order valence-corrected chi connectivity index (χ4v) is 2.44. The minimum atomic E-state index is 0.447. The summed E-state index contributed by atoms with van der Waals surface area (Å²) in [6.45, 7) is 1.78. The Morgan fingerprint density at radius 3 is 2.78 bits per heavy atom. The van der Waals surface area contributed by atoms with Gasteiger partial charge in [-0.3, -0.25) is 0 Å². The molecule has 0 spiro atoms. The lowest BCUT2D eigenvalue weighted by Gasteiger charge is -2.15. The van der Waals surface area contributed by atoms with Crippen molar-refractivity contribution in [1.29, 1.82) is 0 Å². The number of hydrogen-bond donors (Lipinski definition) is 2. The smallest absolute Gasteiger partial charge is 0.126 e. The van der Waals surface area contributed by atoms with E-state index < -0.39 is 0 Å². The van der Waals surface area contributed by atoms with Gasteiger partial charge in [-0.2, -0.15) is 0 Å². The van der Waals surface area contributed by atoms with E-state index >= 15 is 0 Å². The van der Waals surface area contributed by atoms with Crippen LogP contribution in [0.5, 0.6) is 0 Å². The lowest BCUT2D eigenvalue weighted by molar-refractivity contribution is 0.500. The predicted molar refractivity (Wildman–Crippen MR) is 75.6 cm³/mol. The second kappa shape index (κ2) is 4.58. The van der Waals surface area contributed by atoms with Crippen LogP contribution >= 0.6 is 0 Å². The Balaban J connectivity index is 1.71. The summed E-state index contributed by atoms with van der Waals surface area (Å²) in [5.41, 5.74) is 7.15. The van der Waals surface area contributed by atoms with Crippen LogP contribution in [0.4, 0.5) is 5.82 Å². The zero-order valence-corrected chi connectivity index (χ0v) is 10.5. The lowest BCUT2D eigenvalue weighted by atomic mass is 10.0. The number of aromatic nitrogens is 1. The van der Waals surface area contributed by atoms with E-state index in [2.05, 4.69) is 28.5 Å². The van der Waals surface area contributed by atoms with Gasteiger partial charge in [0.05, 0.1) is 5.52 Å². The number of para-hydroxylation sites is 1. The molecule has 0 radical (unpaired) electrons. The summed E-state index contributed by atoms with van der Waals surface area (Å²) in [6.07, 6.45) is 3.71. The summed E-state index contributed by atoms with van der Waals surface area (Å²) in [4.78, 5) is 4.62. The number of hydrogen-bond acceptors (Lipinski definition) is 3. The summed E-state index contributed by atoms with van der Waals surface area (Å²) in [5, 5.41) is 4.64. The van der Waals surface area contributed by atoms with Crippen LogP contribution in [0.25, 0.3) is 10.9 Å². The van der Waals surface area contributed by atoms with E-state index in [0.29, 0.717) is 5.41 Å². The highest BCUT2D eigenvalue weighted by Crippen LogP contribution is 2.48. The molecule has 18 heavy (non-hydrogen) atoms. The first-order chi connectivity index (χ1) is 8.81. The van der Waals surface area contributed by atoms with E-state index in [-0.39, 0.29) is 0 Å². The highest BCUT2D eigenvalue weighted by Gasteiger charge is 2.41. The molecule has 94 valence electrons. The molecule has 1 aromatic heterocycles. The third kappa shape index (κ3) is 2.31. The summed E-state index contributed by atoms with van der Waals surface area (Å²) in [6, 6.07) is 12.4. The van der Waals surface area contributed by atoms with Crippen molar-refractivity contribution in [3.8, 4) is 0 Å². The normalized spacial score (nSPS) is 16.7. The molecule has 1 fully saturated rings. The first-order valence-corrected chi connectivity index (χ1v) is 6.61. The van der Waals surface area contributed by atoms with E-state index in [1.54, 1.807) is 0 Å². The van der Waals surface area contributed by atoms with Crippen LogP contribution in [0, 0.1) is 5.41 Å². The number of nitrogens with one attached hydrogen (secondary N) is 1. The minimum Gasteiger partial charge on any atom is -0.369 e. The molecule has 0 saturated heterocycles. The van der Waals surface area contributed by atoms with Gasteiger partial charge in [0, 0.05) is 11.9 Å². The van der Waals surface area contributed by atoms with Gasteiger partial charge in [-0.25, -0.2) is 4.98 Å². The number of pyridine rings is 1. The summed E-state index contributed by atoms with van der Waals surface area (Å²) in [5.74, 6) is 0.969. The highest BCUT2D eigenvalue weighted by molar-refractivity contribution is 5.80. The lowest BCUT2D eigenvalue weighted by Crippen LogP contribution is -2.19. The number of anilines is 1. The Morgan fingerprint density at radius 2 is 2.00 bits per heavy atom. The summed E-state index contributed by atoms with van der Waals surface area (Å²) < 4.78 is 0. The first-order valence-electron chi connectivity index (χ1n) is 6.61. The molecular formula is C15H19N3. The largest absolute Gasteiger partial charge is 0.369 e. The number of fused-ring (bicyclic) bond motifs is 1. The summed E-state index contributed by atoms with van der Waals surface area (Å²) in [7, 11) is 0. The molecule has 0 bridgehead atoms. The zero-order chi connectivity index (χ0) is 12.4. The van der Waals surface area contributed by atoms with Crippen molar-refractivity contribution >= 4 is 16.7 Å². The third-order valence-electron chi connectivity index (χ3n) is 3.87. The molecule has 2 aromatic rings. The molecule has 3 nitrogen and oxygen atoms in total. The topological polar surface area (TPSA) is 50.9 Å². The molecule has 1 aliphatic carbocycles. The van der Waals surface area contributed by atoms with E-state index in [0.717, 1.165) is 30.8 Å². The van der Waals surface area contributed by atoms with Gasteiger partial charge < -0.3 is 11.1 Å². The zero-order valence-electron chi connectivity index (χ0n) is 10.5. The minimum absolute atomic E-state index is 0.447. The maximum Gasteiger partial charge on any atom is 0.126 e. The van der Waals surface area contributed by atoms with E-state index in [1.165, 1.54) is 18.2 Å². The number of benzene rings is 1. The van der Waals surface area contributed by atoms with Gasteiger partial charge in [0.1, 0.15) is 5.82 Å². The molecule has 1 aromatic carbocycles. The van der Waals surface area contributed by atoms with Gasteiger partial charge in [-0.15, -0.1) is 0 Å². The van der Waals surface area contributed by atoms with Crippen LogP contribution in [0.15, 0.2) is 36.4 Å². The number of nitrogens with zero attached hydrogens (tertiary/aromatic N) is 1. The number of nitrogens with two attached hydrogens (primary N) is 1. The molecule has 0 aliphatic heterocycles. The molecule has 0 amide bonds. The Labute approximate surface area is 107 Å². The van der Waals surface area contributed by atoms with Crippen molar-refractivity contribution in [3.05, 3.63) is 36.4 Å². The Hall–Kier alpha value is -1.61. The second-order valence-corrected chi connectivity index (χ2v) is 5.28. The number of rotatable bonds is 5. The second-order valence-electron chi connectivity index (χ2n) is 5.28. The quantitative estimate of drug-likeness (QED) is 0.846. The predicted octanol–water partition coefficient (Wildman–Crippen LogP) is 2.78. The van der Waals surface area contributed by atoms with Gasteiger partial charge in [0.25, 0.3) is 0 Å². The molecule has 3 rings (SSSR count). The molecule has 3 N–H and O–H groups in total. The van der Waals surface area contributed by atoms with Crippen LogP contribution in [-0.4, -0.2) is 18.1 Å². The van der Waals surface area contributed by atoms with Gasteiger partial charge in [0.2, 0.25) is 0 Å². The summed E-state index contributed by atoms with van der Waals surface area (Å²) >= 11 is 0. The molecule has 0 atom stereocenters. The Morgan fingerprint density at radius 1 is 1.17 bits per heavy atom. The van der Waals surface area contributed by atoms with Crippen LogP contribution in [-0.2, 0) is 0 Å². The molecular weight excluding hydrogens is 222 g/mol. The monoisotopic (exact) mass is 241 g/mol. The van der Waals surface area contributed by atoms with Gasteiger partial charge in [0.15, 0.2) is 0 Å². The fourth-order valence-electron chi connectivity index (χ4n) is 2.44. The first kappa shape index (κ1) is 11.5. The van der Waals surface area contributed by atoms with Crippen LogP contribution in [0.1, 0.15) is 19.3 Å². The van der Waals surface area contributed by atoms with Gasteiger partial charge in [-0.1, -0.05) is 18.2 Å². The maximum absolute atomic E-state index is 5.65. The van der Waals surface area contributed by atoms with Gasteiger partial charge in [-0.05, 0) is 49.4 Å².